The van der Waals surface area contributed by atoms with E-state index < -0.39 is 23.4 Å². The van der Waals surface area contributed by atoms with E-state index in [0.717, 1.165) is 0 Å². The number of hydrogen-bond donors (Lipinski definition) is 1. The zero-order valence-corrected chi connectivity index (χ0v) is 14.1. The Hall–Kier alpha value is -2.30. The number of carbonyl (C=O) groups is 1. The molecule has 2 aromatic carbocycles. The highest BCUT2D eigenvalue weighted by molar-refractivity contribution is 5.74. The number of halogens is 3. The van der Waals surface area contributed by atoms with Crippen molar-refractivity contribution >= 4 is 5.97 Å². The standard InChI is InChI=1S/C19H19F3O2/c1-9-7-10(2)17(20)12(4)16(9)14-8-11(3)18(21)13(19(14)22)5-6-15(23)24/h7-8H,5-6H2,1-4H3,(H,23,24). The monoisotopic (exact) mass is 336 g/mol. The third-order valence-electron chi connectivity index (χ3n) is 4.21. The molecule has 2 aromatic rings. The lowest BCUT2D eigenvalue weighted by atomic mass is 9.89. The first-order chi connectivity index (χ1) is 11.1. The molecule has 0 saturated heterocycles. The number of rotatable bonds is 4. The Bertz CT molecular complexity index is 826. The Balaban J connectivity index is 2.73. The molecule has 0 aliphatic rings. The second kappa shape index (κ2) is 6.67. The lowest BCUT2D eigenvalue weighted by Gasteiger charge is -2.17. The van der Waals surface area contributed by atoms with Crippen LogP contribution in [0.4, 0.5) is 13.2 Å². The van der Waals surface area contributed by atoms with Crippen LogP contribution in [0.1, 0.15) is 34.2 Å². The number of carboxylic acids is 1. The highest BCUT2D eigenvalue weighted by Crippen LogP contribution is 2.35. The van der Waals surface area contributed by atoms with Gasteiger partial charge in [-0.2, -0.15) is 0 Å². The second-order valence-electron chi connectivity index (χ2n) is 6.07. The van der Waals surface area contributed by atoms with Crippen molar-refractivity contribution in [3.63, 3.8) is 0 Å². The molecule has 0 aliphatic carbocycles. The molecule has 1 N–H and O–H groups in total. The molecule has 24 heavy (non-hydrogen) atoms. The minimum atomic E-state index is -1.13. The van der Waals surface area contributed by atoms with E-state index in [1.54, 1.807) is 26.8 Å². The second-order valence-corrected chi connectivity index (χ2v) is 6.07. The van der Waals surface area contributed by atoms with Crippen LogP contribution in [0.15, 0.2) is 12.1 Å². The summed E-state index contributed by atoms with van der Waals surface area (Å²) < 4.78 is 43.4. The van der Waals surface area contributed by atoms with E-state index in [4.69, 9.17) is 5.11 Å². The van der Waals surface area contributed by atoms with Gasteiger partial charge in [-0.3, -0.25) is 4.79 Å². The van der Waals surface area contributed by atoms with E-state index in [0.29, 0.717) is 22.3 Å². The molecule has 0 saturated carbocycles. The first-order valence-electron chi connectivity index (χ1n) is 7.61. The van der Waals surface area contributed by atoms with Crippen LogP contribution in [0.25, 0.3) is 11.1 Å². The molecule has 2 nitrogen and oxygen atoms in total. The molecule has 128 valence electrons. The Labute approximate surface area is 138 Å². The quantitative estimate of drug-likeness (QED) is 0.851. The minimum Gasteiger partial charge on any atom is -0.481 e. The maximum absolute atomic E-state index is 14.9. The fourth-order valence-corrected chi connectivity index (χ4v) is 3.05. The maximum Gasteiger partial charge on any atom is 0.303 e. The van der Waals surface area contributed by atoms with E-state index in [1.165, 1.54) is 13.0 Å². The number of hydrogen-bond acceptors (Lipinski definition) is 1. The van der Waals surface area contributed by atoms with Gasteiger partial charge in [0.1, 0.15) is 17.5 Å². The molecule has 0 aromatic heterocycles. The summed E-state index contributed by atoms with van der Waals surface area (Å²) in [4.78, 5) is 10.7. The van der Waals surface area contributed by atoms with E-state index in [-0.39, 0.29) is 29.5 Å². The first-order valence-corrected chi connectivity index (χ1v) is 7.61. The normalized spacial score (nSPS) is 11.0. The molecule has 0 spiro atoms. The van der Waals surface area contributed by atoms with Crippen molar-refractivity contribution in [2.45, 2.75) is 40.5 Å². The fraction of sp³-hybridized carbons (Fsp3) is 0.316. The van der Waals surface area contributed by atoms with Crippen molar-refractivity contribution in [2.24, 2.45) is 0 Å². The van der Waals surface area contributed by atoms with Gasteiger partial charge in [0.2, 0.25) is 0 Å². The number of aliphatic carboxylic acids is 1. The van der Waals surface area contributed by atoms with Crippen LogP contribution < -0.4 is 0 Å². The molecule has 0 heterocycles. The predicted molar refractivity (Wildman–Crippen MR) is 86.7 cm³/mol. The van der Waals surface area contributed by atoms with Crippen LogP contribution in [-0.2, 0) is 11.2 Å². The summed E-state index contributed by atoms with van der Waals surface area (Å²) in [5.41, 5.74) is 1.85. The Kier molecular flexibility index (Phi) is 5.02. The van der Waals surface area contributed by atoms with Gasteiger partial charge in [-0.1, -0.05) is 6.07 Å². The van der Waals surface area contributed by atoms with Crippen molar-refractivity contribution in [1.29, 1.82) is 0 Å². The summed E-state index contributed by atoms with van der Waals surface area (Å²) in [7, 11) is 0. The number of carboxylic acid groups (broad SMARTS) is 1. The number of benzene rings is 2. The molecular weight excluding hydrogens is 317 g/mol. The Morgan fingerprint density at radius 3 is 2.08 bits per heavy atom. The third-order valence-corrected chi connectivity index (χ3v) is 4.21. The van der Waals surface area contributed by atoms with Crippen molar-refractivity contribution < 1.29 is 23.1 Å². The summed E-state index contributed by atoms with van der Waals surface area (Å²) in [5, 5.41) is 8.77. The molecule has 0 unspecified atom stereocenters. The summed E-state index contributed by atoms with van der Waals surface area (Å²) in [6.45, 7) is 6.41. The lowest BCUT2D eigenvalue weighted by molar-refractivity contribution is -0.136. The van der Waals surface area contributed by atoms with Crippen LogP contribution in [0.5, 0.6) is 0 Å². The van der Waals surface area contributed by atoms with E-state index in [9.17, 15) is 18.0 Å². The van der Waals surface area contributed by atoms with Gasteiger partial charge in [0.15, 0.2) is 0 Å². The van der Waals surface area contributed by atoms with Gasteiger partial charge >= 0.3 is 5.97 Å². The SMILES string of the molecule is Cc1cc(C)c(-c2cc(C)c(F)c(CCC(=O)O)c2F)c(C)c1F. The molecule has 0 fully saturated rings. The molecule has 0 radical (unpaired) electrons. The minimum absolute atomic E-state index is 0.100. The molecular formula is C19H19F3O2. The zero-order valence-electron chi connectivity index (χ0n) is 14.1. The van der Waals surface area contributed by atoms with Gasteiger partial charge in [0.25, 0.3) is 0 Å². The summed E-state index contributed by atoms with van der Waals surface area (Å²) in [5.74, 6) is -3.14. The molecule has 0 amide bonds. The lowest BCUT2D eigenvalue weighted by Crippen LogP contribution is -2.06. The summed E-state index contributed by atoms with van der Waals surface area (Å²) in [6.07, 6.45) is -0.634. The van der Waals surface area contributed by atoms with E-state index in [1.807, 2.05) is 0 Å². The van der Waals surface area contributed by atoms with Gasteiger partial charge in [-0.25, -0.2) is 13.2 Å². The van der Waals surface area contributed by atoms with Gasteiger partial charge in [-0.05, 0) is 68.0 Å². The average Bonchev–Trinajstić information content (AvgIpc) is 2.49. The summed E-state index contributed by atoms with van der Waals surface area (Å²) >= 11 is 0. The van der Waals surface area contributed by atoms with Crippen molar-refractivity contribution in [3.8, 4) is 11.1 Å². The average molecular weight is 336 g/mol. The van der Waals surface area contributed by atoms with Gasteiger partial charge < -0.3 is 5.11 Å². The zero-order chi connectivity index (χ0) is 18.2. The number of aryl methyl sites for hydroxylation is 3. The molecule has 0 atom stereocenters. The van der Waals surface area contributed by atoms with Crippen molar-refractivity contribution in [2.75, 3.05) is 0 Å². The highest BCUT2D eigenvalue weighted by Gasteiger charge is 2.22. The Morgan fingerprint density at radius 1 is 0.917 bits per heavy atom. The van der Waals surface area contributed by atoms with Crippen LogP contribution in [0, 0.1) is 45.1 Å². The first kappa shape index (κ1) is 18.0. The molecule has 0 bridgehead atoms. The van der Waals surface area contributed by atoms with Crippen LogP contribution in [0.2, 0.25) is 0 Å². The third kappa shape index (κ3) is 3.16. The van der Waals surface area contributed by atoms with Gasteiger partial charge in [0.05, 0.1) is 0 Å². The highest BCUT2D eigenvalue weighted by atomic mass is 19.1. The molecule has 5 heteroatoms. The van der Waals surface area contributed by atoms with Crippen LogP contribution in [0.3, 0.4) is 0 Å². The van der Waals surface area contributed by atoms with Crippen molar-refractivity contribution in [1.82, 2.24) is 0 Å². The Morgan fingerprint density at radius 2 is 1.50 bits per heavy atom. The molecule has 0 aliphatic heterocycles. The van der Waals surface area contributed by atoms with Crippen molar-refractivity contribution in [3.05, 3.63) is 57.4 Å². The van der Waals surface area contributed by atoms with Gasteiger partial charge in [0, 0.05) is 17.5 Å². The van der Waals surface area contributed by atoms with E-state index >= 15 is 0 Å². The van der Waals surface area contributed by atoms with Crippen LogP contribution >= 0.6 is 0 Å². The maximum atomic E-state index is 14.9. The van der Waals surface area contributed by atoms with Gasteiger partial charge in [-0.15, -0.1) is 0 Å². The largest absolute Gasteiger partial charge is 0.481 e. The molecule has 2 rings (SSSR count). The smallest absolute Gasteiger partial charge is 0.303 e. The van der Waals surface area contributed by atoms with E-state index in [2.05, 4.69) is 0 Å². The van der Waals surface area contributed by atoms with Crippen LogP contribution in [-0.4, -0.2) is 11.1 Å². The predicted octanol–water partition coefficient (Wildman–Crippen LogP) is 5.02. The topological polar surface area (TPSA) is 37.3 Å². The fourth-order valence-electron chi connectivity index (χ4n) is 3.05. The summed E-state index contributed by atoms with van der Waals surface area (Å²) in [6, 6.07) is 2.96.